The van der Waals surface area contributed by atoms with Crippen molar-refractivity contribution in [1.82, 2.24) is 15.1 Å². The number of rotatable bonds is 4. The fourth-order valence-electron chi connectivity index (χ4n) is 1.53. The molecule has 0 fully saturated rings. The summed E-state index contributed by atoms with van der Waals surface area (Å²) in [6.45, 7) is 0.839. The third-order valence-electron chi connectivity index (χ3n) is 2.40. The van der Waals surface area contributed by atoms with E-state index < -0.39 is 11.7 Å². The van der Waals surface area contributed by atoms with Crippen LogP contribution in [0.3, 0.4) is 0 Å². The molecule has 0 saturated carbocycles. The van der Waals surface area contributed by atoms with E-state index >= 15 is 0 Å². The SMILES string of the molecule is Nc1cnn(CCNC(=O)c2ccccc2F)c1. The van der Waals surface area contributed by atoms with Crippen LogP contribution in [0.4, 0.5) is 10.1 Å². The van der Waals surface area contributed by atoms with Gasteiger partial charge in [0.05, 0.1) is 24.0 Å². The predicted octanol–water partition coefficient (Wildman–Crippen LogP) is 1.03. The summed E-state index contributed by atoms with van der Waals surface area (Å²) in [6, 6.07) is 5.85. The van der Waals surface area contributed by atoms with Gasteiger partial charge in [-0.25, -0.2) is 4.39 Å². The lowest BCUT2D eigenvalue weighted by molar-refractivity contribution is 0.0948. The standard InChI is InChI=1S/C12H13FN4O/c13-11-4-2-1-3-10(11)12(18)15-5-6-17-8-9(14)7-16-17/h1-4,7-8H,5-6,14H2,(H,15,18). The first-order valence-corrected chi connectivity index (χ1v) is 5.47. The fourth-order valence-corrected chi connectivity index (χ4v) is 1.53. The number of nitrogens with one attached hydrogen (secondary N) is 1. The summed E-state index contributed by atoms with van der Waals surface area (Å²) in [4.78, 5) is 11.7. The Hall–Kier alpha value is -2.37. The number of carbonyl (C=O) groups excluding carboxylic acids is 1. The van der Waals surface area contributed by atoms with Gasteiger partial charge in [-0.3, -0.25) is 9.48 Å². The van der Waals surface area contributed by atoms with Crippen molar-refractivity contribution < 1.29 is 9.18 Å². The van der Waals surface area contributed by atoms with Crippen molar-refractivity contribution >= 4 is 11.6 Å². The van der Waals surface area contributed by atoms with Gasteiger partial charge in [0.25, 0.3) is 5.91 Å². The molecule has 0 aliphatic rings. The second-order valence-corrected chi connectivity index (χ2v) is 3.77. The highest BCUT2D eigenvalue weighted by atomic mass is 19.1. The fraction of sp³-hybridized carbons (Fsp3) is 0.167. The summed E-state index contributed by atoms with van der Waals surface area (Å²) in [5.74, 6) is -0.966. The summed E-state index contributed by atoms with van der Waals surface area (Å²) < 4.78 is 14.9. The van der Waals surface area contributed by atoms with Crippen molar-refractivity contribution in [2.75, 3.05) is 12.3 Å². The Morgan fingerprint density at radius 3 is 2.89 bits per heavy atom. The van der Waals surface area contributed by atoms with E-state index in [-0.39, 0.29) is 5.56 Å². The van der Waals surface area contributed by atoms with Crippen LogP contribution in [0.15, 0.2) is 36.7 Å². The zero-order valence-electron chi connectivity index (χ0n) is 9.64. The smallest absolute Gasteiger partial charge is 0.254 e. The maximum atomic E-state index is 13.3. The van der Waals surface area contributed by atoms with E-state index in [0.717, 1.165) is 0 Å². The monoisotopic (exact) mass is 248 g/mol. The number of anilines is 1. The largest absolute Gasteiger partial charge is 0.396 e. The Morgan fingerprint density at radius 2 is 2.22 bits per heavy atom. The average molecular weight is 248 g/mol. The Kier molecular flexibility index (Phi) is 3.57. The molecule has 3 N–H and O–H groups in total. The third-order valence-corrected chi connectivity index (χ3v) is 2.40. The van der Waals surface area contributed by atoms with Gasteiger partial charge in [-0.15, -0.1) is 0 Å². The molecule has 0 unspecified atom stereocenters. The zero-order chi connectivity index (χ0) is 13.0. The van der Waals surface area contributed by atoms with Crippen LogP contribution in [0.25, 0.3) is 0 Å². The number of halogens is 1. The van der Waals surface area contributed by atoms with Crippen LogP contribution < -0.4 is 11.1 Å². The minimum Gasteiger partial charge on any atom is -0.396 e. The van der Waals surface area contributed by atoms with Crippen LogP contribution in [0, 0.1) is 5.82 Å². The van der Waals surface area contributed by atoms with E-state index in [1.165, 1.54) is 18.3 Å². The molecule has 5 nitrogen and oxygen atoms in total. The molecule has 1 aromatic heterocycles. The molecule has 0 radical (unpaired) electrons. The van der Waals surface area contributed by atoms with Crippen molar-refractivity contribution in [1.29, 1.82) is 0 Å². The van der Waals surface area contributed by atoms with Crippen molar-refractivity contribution in [3.63, 3.8) is 0 Å². The number of nitrogens with zero attached hydrogens (tertiary/aromatic N) is 2. The van der Waals surface area contributed by atoms with E-state index in [4.69, 9.17) is 5.73 Å². The average Bonchev–Trinajstić information content (AvgIpc) is 2.75. The Balaban J connectivity index is 1.87. The molecule has 0 atom stereocenters. The van der Waals surface area contributed by atoms with Gasteiger partial charge in [0.1, 0.15) is 5.82 Å². The quantitative estimate of drug-likeness (QED) is 0.849. The van der Waals surface area contributed by atoms with Crippen LogP contribution in [-0.2, 0) is 6.54 Å². The summed E-state index contributed by atoms with van der Waals surface area (Å²) in [5.41, 5.74) is 6.11. The van der Waals surface area contributed by atoms with E-state index in [9.17, 15) is 9.18 Å². The van der Waals surface area contributed by atoms with Gasteiger partial charge in [-0.05, 0) is 12.1 Å². The first-order chi connectivity index (χ1) is 8.66. The minimum absolute atomic E-state index is 0.0393. The summed E-state index contributed by atoms with van der Waals surface area (Å²) in [5, 5.41) is 6.59. The van der Waals surface area contributed by atoms with Gasteiger partial charge < -0.3 is 11.1 Å². The van der Waals surface area contributed by atoms with Gasteiger partial charge in [0, 0.05) is 12.7 Å². The molecule has 94 valence electrons. The number of carbonyl (C=O) groups is 1. The molecule has 0 saturated heterocycles. The molecule has 0 spiro atoms. The molecule has 18 heavy (non-hydrogen) atoms. The number of amides is 1. The topological polar surface area (TPSA) is 72.9 Å². The number of nitrogen functional groups attached to an aromatic ring is 1. The minimum atomic E-state index is -0.529. The molecule has 2 aromatic rings. The van der Waals surface area contributed by atoms with Crippen LogP contribution in [-0.4, -0.2) is 22.2 Å². The van der Waals surface area contributed by atoms with E-state index in [2.05, 4.69) is 10.4 Å². The van der Waals surface area contributed by atoms with Crippen LogP contribution in [0.1, 0.15) is 10.4 Å². The molecule has 0 aliphatic carbocycles. The van der Waals surface area contributed by atoms with Crippen molar-refractivity contribution in [2.45, 2.75) is 6.54 Å². The molecule has 1 heterocycles. The zero-order valence-corrected chi connectivity index (χ0v) is 9.64. The van der Waals surface area contributed by atoms with Crippen molar-refractivity contribution in [3.05, 3.63) is 48.0 Å². The lowest BCUT2D eigenvalue weighted by Gasteiger charge is -2.06. The molecule has 2 rings (SSSR count). The van der Waals surface area contributed by atoms with E-state index in [1.54, 1.807) is 23.0 Å². The first-order valence-electron chi connectivity index (χ1n) is 5.47. The molecule has 1 amide bonds. The molecular weight excluding hydrogens is 235 g/mol. The molecular formula is C12H13FN4O. The van der Waals surface area contributed by atoms with Crippen LogP contribution in [0.5, 0.6) is 0 Å². The summed E-state index contributed by atoms with van der Waals surface area (Å²) in [6.07, 6.45) is 3.19. The Bertz CT molecular complexity index is 553. The summed E-state index contributed by atoms with van der Waals surface area (Å²) >= 11 is 0. The number of benzene rings is 1. The van der Waals surface area contributed by atoms with Gasteiger partial charge in [0.2, 0.25) is 0 Å². The molecule has 0 bridgehead atoms. The highest BCUT2D eigenvalue weighted by molar-refractivity contribution is 5.94. The molecule has 6 heteroatoms. The number of aromatic nitrogens is 2. The van der Waals surface area contributed by atoms with Crippen LogP contribution in [0.2, 0.25) is 0 Å². The molecule has 1 aromatic carbocycles. The van der Waals surface area contributed by atoms with Crippen molar-refractivity contribution in [2.24, 2.45) is 0 Å². The summed E-state index contributed by atoms with van der Waals surface area (Å²) in [7, 11) is 0. The van der Waals surface area contributed by atoms with E-state index in [0.29, 0.717) is 18.8 Å². The lowest BCUT2D eigenvalue weighted by atomic mass is 10.2. The maximum Gasteiger partial charge on any atom is 0.254 e. The van der Waals surface area contributed by atoms with Crippen LogP contribution >= 0.6 is 0 Å². The molecule has 0 aliphatic heterocycles. The number of hydrogen-bond donors (Lipinski definition) is 2. The Morgan fingerprint density at radius 1 is 1.44 bits per heavy atom. The second kappa shape index (κ2) is 5.31. The van der Waals surface area contributed by atoms with Gasteiger partial charge >= 0.3 is 0 Å². The number of nitrogens with two attached hydrogens (primary N) is 1. The Labute approximate surface area is 103 Å². The highest BCUT2D eigenvalue weighted by Gasteiger charge is 2.09. The third kappa shape index (κ3) is 2.85. The van der Waals surface area contributed by atoms with Crippen molar-refractivity contribution in [3.8, 4) is 0 Å². The predicted molar refractivity (Wildman–Crippen MR) is 65.4 cm³/mol. The highest BCUT2D eigenvalue weighted by Crippen LogP contribution is 2.05. The maximum absolute atomic E-state index is 13.3. The lowest BCUT2D eigenvalue weighted by Crippen LogP contribution is -2.28. The van der Waals surface area contributed by atoms with E-state index in [1.807, 2.05) is 0 Å². The number of hydrogen-bond acceptors (Lipinski definition) is 3. The second-order valence-electron chi connectivity index (χ2n) is 3.77. The van der Waals surface area contributed by atoms with Gasteiger partial charge in [-0.2, -0.15) is 5.10 Å². The van der Waals surface area contributed by atoms with Gasteiger partial charge in [-0.1, -0.05) is 12.1 Å². The normalized spacial score (nSPS) is 10.3. The van der Waals surface area contributed by atoms with Gasteiger partial charge in [0.15, 0.2) is 0 Å². The first kappa shape index (κ1) is 12.1.